The molecule has 1 amide bonds. The van der Waals surface area contributed by atoms with Gasteiger partial charge >= 0.3 is 0 Å². The maximum absolute atomic E-state index is 13.3. The molecular weight excluding hydrogens is 417 g/mol. The molecule has 5 nitrogen and oxygen atoms in total. The van der Waals surface area contributed by atoms with Gasteiger partial charge in [0.25, 0.3) is 5.91 Å². The summed E-state index contributed by atoms with van der Waals surface area (Å²) in [6.45, 7) is 5.31. The molecule has 1 heterocycles. The van der Waals surface area contributed by atoms with Crippen molar-refractivity contribution in [3.8, 4) is 5.75 Å². The lowest BCUT2D eigenvalue weighted by molar-refractivity contribution is 0.0955. The molecule has 1 N–H and O–H groups in total. The largest absolute Gasteiger partial charge is 0.494 e. The molecule has 4 rings (SSSR count). The van der Waals surface area contributed by atoms with Gasteiger partial charge in [0.15, 0.2) is 0 Å². The van der Waals surface area contributed by atoms with E-state index in [4.69, 9.17) is 4.74 Å². The number of para-hydroxylation sites is 1. The molecule has 6 heteroatoms. The molecule has 0 bridgehead atoms. The van der Waals surface area contributed by atoms with E-state index >= 15 is 0 Å². The number of carbonyl (C=O) groups excluding carboxylic acids is 1. The Balaban J connectivity index is 1.53. The number of hydrogen-bond acceptors (Lipinski definition) is 3. The molecular formula is C27H26FN3O2. The number of benzene rings is 3. The van der Waals surface area contributed by atoms with Crippen LogP contribution in [-0.2, 0) is 6.54 Å². The molecule has 0 saturated heterocycles. The van der Waals surface area contributed by atoms with Gasteiger partial charge in [-0.05, 0) is 61.4 Å². The zero-order valence-electron chi connectivity index (χ0n) is 18.7. The number of aromatic nitrogens is 1. The van der Waals surface area contributed by atoms with Crippen LogP contribution in [-0.4, -0.2) is 23.3 Å². The average molecular weight is 444 g/mol. The molecule has 0 spiro atoms. The summed E-state index contributed by atoms with van der Waals surface area (Å²) in [5.74, 6) is 0.196. The lowest BCUT2D eigenvalue weighted by atomic mass is 10.1. The van der Waals surface area contributed by atoms with Crippen LogP contribution in [0.25, 0.3) is 10.9 Å². The van der Waals surface area contributed by atoms with Crippen molar-refractivity contribution < 1.29 is 13.9 Å². The minimum Gasteiger partial charge on any atom is -0.494 e. The number of ether oxygens (including phenoxy) is 1. The van der Waals surface area contributed by atoms with Crippen LogP contribution in [0.3, 0.4) is 0 Å². The molecule has 4 aromatic rings. The van der Waals surface area contributed by atoms with Gasteiger partial charge in [0.1, 0.15) is 11.6 Å². The van der Waals surface area contributed by atoms with Crippen LogP contribution in [0.5, 0.6) is 5.75 Å². The van der Waals surface area contributed by atoms with E-state index in [1.54, 1.807) is 42.6 Å². The summed E-state index contributed by atoms with van der Waals surface area (Å²) in [6, 6.07) is 21.5. The minimum absolute atomic E-state index is 0.250. The highest BCUT2D eigenvalue weighted by molar-refractivity contribution is 6.02. The van der Waals surface area contributed by atoms with Crippen LogP contribution in [0.2, 0.25) is 0 Å². The van der Waals surface area contributed by atoms with Gasteiger partial charge in [-0.15, -0.1) is 0 Å². The van der Waals surface area contributed by atoms with Gasteiger partial charge in [0, 0.05) is 34.3 Å². The molecule has 1 aromatic heterocycles. The number of fused-ring (bicyclic) bond motifs is 1. The standard InChI is InChI=1S/C27H26FN3O2/c1-3-16-33-23-14-10-21(11-15-23)27(32)30-29-17-25-19(2)31(26-7-5-4-6-24(25)26)18-20-8-12-22(28)13-9-20/h4-15,17H,3,16,18H2,1-2H3,(H,30,32)/b29-17-. The highest BCUT2D eigenvalue weighted by atomic mass is 19.1. The molecule has 0 unspecified atom stereocenters. The Morgan fingerprint density at radius 2 is 1.79 bits per heavy atom. The van der Waals surface area contributed by atoms with Crippen LogP contribution in [0.4, 0.5) is 4.39 Å². The molecule has 33 heavy (non-hydrogen) atoms. The predicted molar refractivity (Wildman–Crippen MR) is 129 cm³/mol. The van der Waals surface area contributed by atoms with Crippen LogP contribution in [0.15, 0.2) is 77.9 Å². The van der Waals surface area contributed by atoms with Crippen molar-refractivity contribution in [2.45, 2.75) is 26.8 Å². The molecule has 3 aromatic carbocycles. The molecule has 0 atom stereocenters. The Kier molecular flexibility index (Phi) is 6.83. The Morgan fingerprint density at radius 3 is 2.52 bits per heavy atom. The van der Waals surface area contributed by atoms with Crippen LogP contribution in [0.1, 0.15) is 40.5 Å². The first-order valence-corrected chi connectivity index (χ1v) is 11.0. The van der Waals surface area contributed by atoms with Gasteiger partial charge in [-0.3, -0.25) is 4.79 Å². The van der Waals surface area contributed by atoms with E-state index in [1.807, 2.05) is 38.1 Å². The van der Waals surface area contributed by atoms with Crippen LogP contribution in [0, 0.1) is 12.7 Å². The number of nitrogens with zero attached hydrogens (tertiary/aromatic N) is 2. The van der Waals surface area contributed by atoms with Gasteiger partial charge in [0.2, 0.25) is 0 Å². The van der Waals surface area contributed by atoms with E-state index < -0.39 is 0 Å². The quantitative estimate of drug-likeness (QED) is 0.281. The summed E-state index contributed by atoms with van der Waals surface area (Å²) < 4.78 is 21.0. The number of amides is 1. The van der Waals surface area contributed by atoms with Crippen molar-refractivity contribution in [1.82, 2.24) is 9.99 Å². The third-order valence-corrected chi connectivity index (χ3v) is 5.48. The van der Waals surface area contributed by atoms with Crippen molar-refractivity contribution in [2.75, 3.05) is 6.61 Å². The number of carbonyl (C=O) groups is 1. The van der Waals surface area contributed by atoms with E-state index in [9.17, 15) is 9.18 Å². The van der Waals surface area contributed by atoms with E-state index in [2.05, 4.69) is 15.1 Å². The normalized spacial score (nSPS) is 11.2. The predicted octanol–water partition coefficient (Wildman–Crippen LogP) is 5.69. The Bertz CT molecular complexity index is 1280. The molecule has 0 fully saturated rings. The van der Waals surface area contributed by atoms with Crippen molar-refractivity contribution >= 4 is 23.0 Å². The summed E-state index contributed by atoms with van der Waals surface area (Å²) in [5.41, 5.74) is 7.10. The molecule has 0 radical (unpaired) electrons. The van der Waals surface area contributed by atoms with Gasteiger partial charge in [-0.2, -0.15) is 5.10 Å². The van der Waals surface area contributed by atoms with Crippen molar-refractivity contribution in [3.05, 3.63) is 101 Å². The summed E-state index contributed by atoms with van der Waals surface area (Å²) in [5, 5.41) is 5.25. The zero-order chi connectivity index (χ0) is 23.2. The van der Waals surface area contributed by atoms with Gasteiger partial charge in [-0.25, -0.2) is 9.82 Å². The highest BCUT2D eigenvalue weighted by Gasteiger charge is 2.13. The van der Waals surface area contributed by atoms with Crippen LogP contribution >= 0.6 is 0 Å². The third-order valence-electron chi connectivity index (χ3n) is 5.48. The monoisotopic (exact) mass is 443 g/mol. The van der Waals surface area contributed by atoms with Gasteiger partial charge in [0.05, 0.1) is 12.8 Å². The van der Waals surface area contributed by atoms with Crippen LogP contribution < -0.4 is 10.2 Å². The molecule has 0 aliphatic rings. The number of rotatable bonds is 8. The SMILES string of the molecule is CCCOc1ccc(C(=O)N/N=C\c2c(C)n(Cc3ccc(F)cc3)c3ccccc23)cc1. The first-order chi connectivity index (χ1) is 16.1. The summed E-state index contributed by atoms with van der Waals surface area (Å²) in [6.07, 6.45) is 2.60. The Morgan fingerprint density at radius 1 is 1.06 bits per heavy atom. The number of hydrazone groups is 1. The number of nitrogens with one attached hydrogen (secondary N) is 1. The van der Waals surface area contributed by atoms with Crippen molar-refractivity contribution in [3.63, 3.8) is 0 Å². The van der Waals surface area contributed by atoms with E-state index in [0.29, 0.717) is 18.7 Å². The fourth-order valence-corrected chi connectivity index (χ4v) is 3.74. The first-order valence-electron chi connectivity index (χ1n) is 11.0. The van der Waals surface area contributed by atoms with Gasteiger partial charge in [-0.1, -0.05) is 37.3 Å². The van der Waals surface area contributed by atoms with E-state index in [-0.39, 0.29) is 11.7 Å². The minimum atomic E-state index is -0.291. The van der Waals surface area contributed by atoms with Crippen molar-refractivity contribution in [1.29, 1.82) is 0 Å². The second-order valence-electron chi connectivity index (χ2n) is 7.80. The number of hydrogen-bond donors (Lipinski definition) is 1. The fraction of sp³-hybridized carbons (Fsp3) is 0.185. The molecule has 168 valence electrons. The number of halogens is 1. The second kappa shape index (κ2) is 10.1. The smallest absolute Gasteiger partial charge is 0.271 e. The highest BCUT2D eigenvalue weighted by Crippen LogP contribution is 2.25. The molecule has 0 saturated carbocycles. The topological polar surface area (TPSA) is 55.6 Å². The maximum atomic E-state index is 13.3. The lowest BCUT2D eigenvalue weighted by Crippen LogP contribution is -2.17. The van der Waals surface area contributed by atoms with Gasteiger partial charge < -0.3 is 9.30 Å². The fourth-order valence-electron chi connectivity index (χ4n) is 3.74. The first kappa shape index (κ1) is 22.3. The lowest BCUT2D eigenvalue weighted by Gasteiger charge is -2.08. The average Bonchev–Trinajstić information content (AvgIpc) is 3.10. The molecule has 0 aliphatic carbocycles. The third kappa shape index (κ3) is 5.12. The summed E-state index contributed by atoms with van der Waals surface area (Å²) in [4.78, 5) is 12.5. The maximum Gasteiger partial charge on any atom is 0.271 e. The van der Waals surface area contributed by atoms with Crippen molar-refractivity contribution in [2.24, 2.45) is 5.10 Å². The zero-order valence-corrected chi connectivity index (χ0v) is 18.7. The van der Waals surface area contributed by atoms with E-state index in [0.717, 1.165) is 39.9 Å². The summed E-state index contributed by atoms with van der Waals surface area (Å²) in [7, 11) is 0. The Hall–Kier alpha value is -3.93. The second-order valence-corrected chi connectivity index (χ2v) is 7.80. The van der Waals surface area contributed by atoms with E-state index in [1.165, 1.54) is 12.1 Å². The Labute approximate surface area is 192 Å². The molecule has 0 aliphatic heterocycles. The summed E-state index contributed by atoms with van der Waals surface area (Å²) >= 11 is 0.